The van der Waals surface area contributed by atoms with Crippen LogP contribution in [0.2, 0.25) is 0 Å². The number of fused-ring (bicyclic) bond motifs is 1. The third-order valence-electron chi connectivity index (χ3n) is 3.68. The molecule has 106 valence electrons. The summed E-state index contributed by atoms with van der Waals surface area (Å²) in [7, 11) is 1.71. The Balaban J connectivity index is 2.07. The molecule has 2 aromatic rings. The minimum Gasteiger partial charge on any atom is -0.496 e. The van der Waals surface area contributed by atoms with Crippen molar-refractivity contribution >= 4 is 21.9 Å². The van der Waals surface area contributed by atoms with Gasteiger partial charge in [-0.05, 0) is 52.5 Å². The zero-order valence-electron chi connectivity index (χ0n) is 11.7. The Morgan fingerprint density at radius 2 is 2.30 bits per heavy atom. The summed E-state index contributed by atoms with van der Waals surface area (Å²) < 4.78 is 8.63. The molecule has 4 nitrogen and oxygen atoms in total. The maximum absolute atomic E-state index is 5.39. The van der Waals surface area contributed by atoms with Crippen molar-refractivity contribution in [3.05, 3.63) is 28.4 Å². The molecule has 0 radical (unpaired) electrons. The number of nitrogens with zero attached hydrogens (tertiary/aromatic N) is 2. The van der Waals surface area contributed by atoms with Crippen molar-refractivity contribution in [2.24, 2.45) is 0 Å². The van der Waals surface area contributed by atoms with Crippen molar-refractivity contribution < 1.29 is 4.74 Å². The van der Waals surface area contributed by atoms with E-state index in [0.29, 0.717) is 0 Å². The normalized spacial score (nSPS) is 13.8. The van der Waals surface area contributed by atoms with Gasteiger partial charge in [0.15, 0.2) is 0 Å². The van der Waals surface area contributed by atoms with Gasteiger partial charge in [0, 0.05) is 18.7 Å². The second kappa shape index (κ2) is 5.48. The highest BCUT2D eigenvalue weighted by molar-refractivity contribution is 9.10. The van der Waals surface area contributed by atoms with Crippen LogP contribution in [0.3, 0.4) is 0 Å². The van der Waals surface area contributed by atoms with Crippen LogP contribution in [0.5, 0.6) is 5.75 Å². The molecular formula is C15H18BrN3O. The Kier molecular flexibility index (Phi) is 3.70. The Hall–Kier alpha value is -1.49. The Morgan fingerprint density at radius 1 is 1.45 bits per heavy atom. The van der Waals surface area contributed by atoms with Gasteiger partial charge < -0.3 is 14.6 Å². The van der Waals surface area contributed by atoms with Gasteiger partial charge in [0.25, 0.3) is 0 Å². The molecule has 0 fully saturated rings. The van der Waals surface area contributed by atoms with Crippen molar-refractivity contribution in [3.63, 3.8) is 0 Å². The number of hydrogen-bond donors (Lipinski definition) is 1. The molecule has 0 unspecified atom stereocenters. The molecule has 0 atom stereocenters. The highest BCUT2D eigenvalue weighted by Gasteiger charge is 2.19. The molecule has 0 saturated heterocycles. The minimum absolute atomic E-state index is 0.939. The maximum atomic E-state index is 5.39. The third-order valence-corrected chi connectivity index (χ3v) is 4.49. The first-order chi connectivity index (χ1) is 9.74. The van der Waals surface area contributed by atoms with Gasteiger partial charge in [-0.2, -0.15) is 0 Å². The molecule has 3 rings (SSSR count). The molecule has 0 amide bonds. The molecule has 0 spiro atoms. The predicted molar refractivity (Wildman–Crippen MR) is 84.4 cm³/mol. The smallest absolute Gasteiger partial charge is 0.204 e. The number of ether oxygens (including phenoxy) is 1. The fourth-order valence-electron chi connectivity index (χ4n) is 2.60. The molecule has 0 bridgehead atoms. The fraction of sp³-hybridized carbons (Fsp3) is 0.400. The number of hydrogen-bond acceptors (Lipinski definition) is 3. The number of anilines is 1. The summed E-state index contributed by atoms with van der Waals surface area (Å²) in [5, 5.41) is 3.34. The Bertz CT molecular complexity index is 636. The SMILES string of the molecule is CCc1cc(-c2nc3n(c2Br)CCCN3)ccc1OC. The number of nitrogens with one attached hydrogen (secondary N) is 1. The summed E-state index contributed by atoms with van der Waals surface area (Å²) in [5.41, 5.74) is 3.32. The fourth-order valence-corrected chi connectivity index (χ4v) is 3.26. The van der Waals surface area contributed by atoms with Crippen LogP contribution in [0.1, 0.15) is 18.9 Å². The number of benzene rings is 1. The average Bonchev–Trinajstić information content (AvgIpc) is 2.84. The van der Waals surface area contributed by atoms with E-state index in [-0.39, 0.29) is 0 Å². The van der Waals surface area contributed by atoms with Gasteiger partial charge in [0.1, 0.15) is 16.0 Å². The number of halogens is 1. The molecule has 5 heteroatoms. The lowest BCUT2D eigenvalue weighted by Crippen LogP contribution is -2.17. The van der Waals surface area contributed by atoms with E-state index < -0.39 is 0 Å². The summed E-state index contributed by atoms with van der Waals surface area (Å²) in [5.74, 6) is 1.89. The maximum Gasteiger partial charge on any atom is 0.204 e. The second-order valence-electron chi connectivity index (χ2n) is 4.89. The number of imidazole rings is 1. The van der Waals surface area contributed by atoms with Crippen molar-refractivity contribution in [1.29, 1.82) is 0 Å². The average molecular weight is 336 g/mol. The highest BCUT2D eigenvalue weighted by atomic mass is 79.9. The molecule has 2 heterocycles. The number of aryl methyl sites for hydroxylation is 1. The Morgan fingerprint density at radius 3 is 3.00 bits per heavy atom. The number of rotatable bonds is 3. The van der Waals surface area contributed by atoms with Gasteiger partial charge >= 0.3 is 0 Å². The molecule has 1 aromatic carbocycles. The van der Waals surface area contributed by atoms with Crippen molar-refractivity contribution in [3.8, 4) is 17.0 Å². The van der Waals surface area contributed by atoms with E-state index in [0.717, 1.165) is 53.5 Å². The topological polar surface area (TPSA) is 39.1 Å². The van der Waals surface area contributed by atoms with E-state index in [1.54, 1.807) is 7.11 Å². The molecule has 1 aliphatic heterocycles. The summed E-state index contributed by atoms with van der Waals surface area (Å²) in [6, 6.07) is 6.25. The number of methoxy groups -OCH3 is 1. The molecule has 0 saturated carbocycles. The first kappa shape index (κ1) is 13.5. The van der Waals surface area contributed by atoms with E-state index in [4.69, 9.17) is 9.72 Å². The van der Waals surface area contributed by atoms with Crippen LogP contribution in [0.4, 0.5) is 5.95 Å². The molecule has 20 heavy (non-hydrogen) atoms. The number of aromatic nitrogens is 2. The summed E-state index contributed by atoms with van der Waals surface area (Å²) in [6.45, 7) is 4.13. The molecule has 1 aromatic heterocycles. The lowest BCUT2D eigenvalue weighted by Gasteiger charge is -2.15. The predicted octanol–water partition coefficient (Wildman–Crippen LogP) is 3.70. The lowest BCUT2D eigenvalue weighted by molar-refractivity contribution is 0.410. The van der Waals surface area contributed by atoms with Crippen LogP contribution < -0.4 is 10.1 Å². The zero-order chi connectivity index (χ0) is 14.1. The highest BCUT2D eigenvalue weighted by Crippen LogP contribution is 2.34. The van der Waals surface area contributed by atoms with Crippen molar-refractivity contribution in [2.75, 3.05) is 19.0 Å². The van der Waals surface area contributed by atoms with Crippen LogP contribution in [-0.2, 0) is 13.0 Å². The summed E-state index contributed by atoms with van der Waals surface area (Å²) in [6.07, 6.45) is 2.07. The summed E-state index contributed by atoms with van der Waals surface area (Å²) >= 11 is 3.68. The molecule has 1 N–H and O–H groups in total. The van der Waals surface area contributed by atoms with Crippen LogP contribution in [0, 0.1) is 0 Å². The summed E-state index contributed by atoms with van der Waals surface area (Å²) in [4.78, 5) is 4.72. The third kappa shape index (κ3) is 2.20. The van der Waals surface area contributed by atoms with Gasteiger partial charge in [0.05, 0.1) is 7.11 Å². The Labute approximate surface area is 127 Å². The first-order valence-corrected chi connectivity index (χ1v) is 7.71. The van der Waals surface area contributed by atoms with E-state index in [2.05, 4.69) is 44.9 Å². The van der Waals surface area contributed by atoms with Crippen molar-refractivity contribution in [2.45, 2.75) is 26.3 Å². The van der Waals surface area contributed by atoms with Crippen LogP contribution in [-0.4, -0.2) is 23.2 Å². The van der Waals surface area contributed by atoms with Gasteiger partial charge in [-0.3, -0.25) is 0 Å². The molecule has 0 aliphatic carbocycles. The molecular weight excluding hydrogens is 318 g/mol. The van der Waals surface area contributed by atoms with Gasteiger partial charge in [-0.15, -0.1) is 0 Å². The minimum atomic E-state index is 0.939. The van der Waals surface area contributed by atoms with E-state index in [1.165, 1.54) is 5.56 Å². The standard InChI is InChI=1S/C15H18BrN3O/c1-3-10-9-11(5-6-12(10)20-2)13-14(16)19-8-4-7-17-15(19)18-13/h5-6,9H,3-4,7-8H2,1-2H3,(H,17,18). The zero-order valence-corrected chi connectivity index (χ0v) is 13.3. The second-order valence-corrected chi connectivity index (χ2v) is 5.64. The quantitative estimate of drug-likeness (QED) is 0.929. The van der Waals surface area contributed by atoms with E-state index in [9.17, 15) is 0 Å². The molecule has 1 aliphatic rings. The monoisotopic (exact) mass is 335 g/mol. The largest absolute Gasteiger partial charge is 0.496 e. The van der Waals surface area contributed by atoms with Gasteiger partial charge in [-0.25, -0.2) is 4.98 Å². The van der Waals surface area contributed by atoms with E-state index in [1.807, 2.05) is 6.07 Å². The van der Waals surface area contributed by atoms with E-state index >= 15 is 0 Å². The van der Waals surface area contributed by atoms with Crippen LogP contribution in [0.25, 0.3) is 11.3 Å². The lowest BCUT2D eigenvalue weighted by atomic mass is 10.1. The first-order valence-electron chi connectivity index (χ1n) is 6.91. The van der Waals surface area contributed by atoms with Crippen LogP contribution in [0.15, 0.2) is 22.8 Å². The van der Waals surface area contributed by atoms with Crippen molar-refractivity contribution in [1.82, 2.24) is 9.55 Å². The van der Waals surface area contributed by atoms with Gasteiger partial charge in [0.2, 0.25) is 5.95 Å². The van der Waals surface area contributed by atoms with Gasteiger partial charge in [-0.1, -0.05) is 6.92 Å². The van der Waals surface area contributed by atoms with Crippen LogP contribution >= 0.6 is 15.9 Å².